The molecule has 0 atom stereocenters. The molecule has 1 amide bonds. The van der Waals surface area contributed by atoms with Crippen LogP contribution in [0.5, 0.6) is 0 Å². The number of amides is 1. The van der Waals surface area contributed by atoms with Gasteiger partial charge in [-0.1, -0.05) is 29.3 Å². The minimum absolute atomic E-state index is 0.231. The van der Waals surface area contributed by atoms with E-state index in [1.54, 1.807) is 11.9 Å². The van der Waals surface area contributed by atoms with Crippen LogP contribution in [0.3, 0.4) is 0 Å². The lowest BCUT2D eigenvalue weighted by molar-refractivity contribution is 0.0963. The average Bonchev–Trinajstić information content (AvgIpc) is 2.64. The smallest absolute Gasteiger partial charge is 0.409 e. The topological polar surface area (TPSA) is 66.0 Å². The zero-order valence-corrected chi connectivity index (χ0v) is 16.7. The quantitative estimate of drug-likeness (QED) is 0.587. The Kier molecular flexibility index (Phi) is 8.32. The second kappa shape index (κ2) is 10.5. The number of nitrogens with one attached hydrogen (secondary N) is 2. The molecule has 0 aliphatic carbocycles. The van der Waals surface area contributed by atoms with Crippen LogP contribution in [0.4, 0.5) is 4.79 Å². The van der Waals surface area contributed by atoms with Crippen LogP contribution >= 0.6 is 23.2 Å². The summed E-state index contributed by atoms with van der Waals surface area (Å²) in [6.07, 6.45) is 2.19. The van der Waals surface area contributed by atoms with Gasteiger partial charge in [-0.3, -0.25) is 4.99 Å². The van der Waals surface area contributed by atoms with E-state index in [2.05, 4.69) is 15.6 Å². The van der Waals surface area contributed by atoms with Crippen molar-refractivity contribution in [3.63, 3.8) is 0 Å². The van der Waals surface area contributed by atoms with Crippen molar-refractivity contribution in [2.75, 3.05) is 33.3 Å². The Morgan fingerprint density at radius 1 is 1.31 bits per heavy atom. The summed E-state index contributed by atoms with van der Waals surface area (Å²) in [5, 5.41) is 8.05. The monoisotopic (exact) mass is 400 g/mol. The molecule has 1 heterocycles. The molecule has 0 saturated carbocycles. The van der Waals surface area contributed by atoms with Crippen molar-refractivity contribution in [1.29, 1.82) is 0 Å². The number of likely N-dealkylation sites (tertiary alicyclic amines) is 1. The van der Waals surface area contributed by atoms with Gasteiger partial charge in [-0.25, -0.2) is 4.79 Å². The molecule has 2 rings (SSSR count). The van der Waals surface area contributed by atoms with Gasteiger partial charge in [0.2, 0.25) is 0 Å². The van der Waals surface area contributed by atoms with Gasteiger partial charge in [0.15, 0.2) is 5.96 Å². The summed E-state index contributed by atoms with van der Waals surface area (Å²) in [5.74, 6) is 0.739. The van der Waals surface area contributed by atoms with Gasteiger partial charge in [0.25, 0.3) is 0 Å². The predicted octanol–water partition coefficient (Wildman–Crippen LogP) is 3.32. The molecule has 0 bridgehead atoms. The van der Waals surface area contributed by atoms with Crippen LogP contribution in [0, 0.1) is 0 Å². The van der Waals surface area contributed by atoms with Crippen LogP contribution < -0.4 is 10.6 Å². The van der Waals surface area contributed by atoms with Crippen molar-refractivity contribution >= 4 is 35.3 Å². The minimum Gasteiger partial charge on any atom is -0.450 e. The van der Waals surface area contributed by atoms with E-state index in [1.165, 1.54) is 0 Å². The van der Waals surface area contributed by atoms with E-state index < -0.39 is 0 Å². The van der Waals surface area contributed by atoms with Gasteiger partial charge < -0.3 is 20.3 Å². The number of halogens is 2. The molecule has 1 saturated heterocycles. The number of piperidine rings is 1. The maximum Gasteiger partial charge on any atom is 0.409 e. The summed E-state index contributed by atoms with van der Waals surface area (Å²) in [6.45, 7) is 4.26. The van der Waals surface area contributed by atoms with Gasteiger partial charge >= 0.3 is 6.09 Å². The van der Waals surface area contributed by atoms with E-state index in [0.717, 1.165) is 24.4 Å². The number of benzene rings is 1. The van der Waals surface area contributed by atoms with E-state index in [9.17, 15) is 4.79 Å². The standard InChI is InChI=1S/C18H26Cl2N4O2/c1-3-26-18(25)24-11-8-13(9-12-24)23-17(21-2)22-10-7-14-15(19)5-4-6-16(14)20/h4-6,13H,3,7-12H2,1-2H3,(H2,21,22,23). The zero-order chi connectivity index (χ0) is 18.9. The molecule has 0 unspecified atom stereocenters. The number of aliphatic imine (C=N–C) groups is 1. The van der Waals surface area contributed by atoms with Gasteiger partial charge in [0.05, 0.1) is 6.61 Å². The molecule has 8 heteroatoms. The van der Waals surface area contributed by atoms with Crippen molar-refractivity contribution in [2.45, 2.75) is 32.2 Å². The Balaban J connectivity index is 1.76. The molecule has 0 spiro atoms. The number of nitrogens with zero attached hydrogens (tertiary/aromatic N) is 2. The van der Waals surface area contributed by atoms with E-state index in [4.69, 9.17) is 27.9 Å². The van der Waals surface area contributed by atoms with Crippen LogP contribution in [0.25, 0.3) is 0 Å². The van der Waals surface area contributed by atoms with Gasteiger partial charge in [0, 0.05) is 42.8 Å². The first-order valence-corrected chi connectivity index (χ1v) is 9.62. The first-order valence-electron chi connectivity index (χ1n) is 8.87. The molecule has 1 aromatic carbocycles. The SMILES string of the molecule is CCOC(=O)N1CCC(NC(=NC)NCCc2c(Cl)cccc2Cl)CC1. The fraction of sp³-hybridized carbons (Fsp3) is 0.556. The molecule has 1 aliphatic rings. The maximum atomic E-state index is 11.7. The average molecular weight is 401 g/mol. The summed E-state index contributed by atoms with van der Waals surface area (Å²) in [6, 6.07) is 5.79. The highest BCUT2D eigenvalue weighted by Crippen LogP contribution is 2.24. The highest BCUT2D eigenvalue weighted by Gasteiger charge is 2.24. The molecule has 0 aromatic heterocycles. The minimum atomic E-state index is -0.231. The second-order valence-corrected chi connectivity index (χ2v) is 6.87. The third-order valence-corrected chi connectivity index (χ3v) is 5.02. The summed E-state index contributed by atoms with van der Waals surface area (Å²) < 4.78 is 5.04. The molecule has 26 heavy (non-hydrogen) atoms. The molecular formula is C18H26Cl2N4O2. The fourth-order valence-electron chi connectivity index (χ4n) is 2.89. The summed E-state index contributed by atoms with van der Waals surface area (Å²) >= 11 is 12.4. The number of hydrogen-bond acceptors (Lipinski definition) is 3. The highest BCUT2D eigenvalue weighted by molar-refractivity contribution is 6.35. The van der Waals surface area contributed by atoms with Gasteiger partial charge in [-0.15, -0.1) is 0 Å². The zero-order valence-electron chi connectivity index (χ0n) is 15.2. The number of carbonyl (C=O) groups is 1. The largest absolute Gasteiger partial charge is 0.450 e. The molecule has 0 radical (unpaired) electrons. The Morgan fingerprint density at radius 2 is 1.96 bits per heavy atom. The van der Waals surface area contributed by atoms with Gasteiger partial charge in [-0.2, -0.15) is 0 Å². The van der Waals surface area contributed by atoms with Crippen LogP contribution in [0.15, 0.2) is 23.2 Å². The summed E-state index contributed by atoms with van der Waals surface area (Å²) in [4.78, 5) is 17.8. The summed E-state index contributed by atoms with van der Waals surface area (Å²) in [7, 11) is 1.74. The Bertz CT molecular complexity index is 611. The molecular weight excluding hydrogens is 375 g/mol. The van der Waals surface area contributed by atoms with Crippen molar-refractivity contribution in [1.82, 2.24) is 15.5 Å². The number of carbonyl (C=O) groups excluding carboxylic acids is 1. The van der Waals surface area contributed by atoms with E-state index in [-0.39, 0.29) is 12.1 Å². The molecule has 144 valence electrons. The predicted molar refractivity (Wildman–Crippen MR) is 106 cm³/mol. The normalized spacial score (nSPS) is 15.7. The molecule has 1 aromatic rings. The van der Waals surface area contributed by atoms with Crippen LogP contribution in [-0.2, 0) is 11.2 Å². The van der Waals surface area contributed by atoms with Gasteiger partial charge in [0.1, 0.15) is 0 Å². The van der Waals surface area contributed by atoms with E-state index >= 15 is 0 Å². The van der Waals surface area contributed by atoms with Crippen LogP contribution in [-0.4, -0.2) is 56.3 Å². The lowest BCUT2D eigenvalue weighted by atomic mass is 10.1. The van der Waals surface area contributed by atoms with Crippen molar-refractivity contribution in [2.24, 2.45) is 4.99 Å². The number of ether oxygens (including phenoxy) is 1. The van der Waals surface area contributed by atoms with Gasteiger partial charge in [-0.05, 0) is 43.9 Å². The van der Waals surface area contributed by atoms with Crippen molar-refractivity contribution < 1.29 is 9.53 Å². The maximum absolute atomic E-state index is 11.7. The molecule has 1 aliphatic heterocycles. The van der Waals surface area contributed by atoms with Crippen molar-refractivity contribution in [3.8, 4) is 0 Å². The number of hydrogen-bond donors (Lipinski definition) is 2. The third-order valence-electron chi connectivity index (χ3n) is 4.31. The molecule has 1 fully saturated rings. The summed E-state index contributed by atoms with van der Waals surface area (Å²) in [5.41, 5.74) is 0.932. The van der Waals surface area contributed by atoms with Crippen LogP contribution in [0.1, 0.15) is 25.3 Å². The highest BCUT2D eigenvalue weighted by atomic mass is 35.5. The number of rotatable bonds is 5. The van der Waals surface area contributed by atoms with E-state index in [1.807, 2.05) is 25.1 Å². The van der Waals surface area contributed by atoms with Crippen molar-refractivity contribution in [3.05, 3.63) is 33.8 Å². The first kappa shape index (κ1) is 20.6. The number of guanidine groups is 1. The Labute approximate surface area is 164 Å². The first-order chi connectivity index (χ1) is 12.5. The third kappa shape index (κ3) is 5.95. The lowest BCUT2D eigenvalue weighted by Gasteiger charge is -2.32. The molecule has 2 N–H and O–H groups in total. The second-order valence-electron chi connectivity index (χ2n) is 6.05. The Hall–Kier alpha value is -1.66. The van der Waals surface area contributed by atoms with E-state index in [0.29, 0.717) is 42.7 Å². The van der Waals surface area contributed by atoms with Crippen LogP contribution in [0.2, 0.25) is 10.0 Å². The Morgan fingerprint density at radius 3 is 2.54 bits per heavy atom. The molecule has 6 nitrogen and oxygen atoms in total. The lowest BCUT2D eigenvalue weighted by Crippen LogP contribution is -2.50. The fourth-order valence-corrected chi connectivity index (χ4v) is 3.47.